The van der Waals surface area contributed by atoms with Gasteiger partial charge in [-0.1, -0.05) is 41.6 Å². The fourth-order valence-electron chi connectivity index (χ4n) is 5.02. The van der Waals surface area contributed by atoms with Crippen molar-refractivity contribution in [1.29, 1.82) is 0 Å². The molecule has 0 aliphatic carbocycles. The minimum Gasteiger partial charge on any atom is -0.480 e. The molecule has 1 heterocycles. The standard InChI is InChI=1S/C33H40N4O7S/c1-8-42-30(38)18-26(23-14-13-21(2)25(15-23)19-34-45(40,41)29-12-10-9-11-22(29)3)24-16-27-32(37(7)36-35-27)28(17-24)43-20-31(39)44-33(4,5)6/h9-17,26,34H,8,18-20H2,1-7H3. The summed E-state index contributed by atoms with van der Waals surface area (Å²) in [5, 5.41) is 8.39. The maximum Gasteiger partial charge on any atom is 0.344 e. The number of aryl methyl sites for hydroxylation is 3. The van der Waals surface area contributed by atoms with Gasteiger partial charge in [-0.15, -0.1) is 5.10 Å². The zero-order chi connectivity index (χ0) is 32.9. The van der Waals surface area contributed by atoms with Crippen molar-refractivity contribution in [1.82, 2.24) is 19.7 Å². The lowest BCUT2D eigenvalue weighted by Gasteiger charge is -2.21. The summed E-state index contributed by atoms with van der Waals surface area (Å²) in [6, 6.07) is 16.1. The number of fused-ring (bicyclic) bond motifs is 1. The van der Waals surface area contributed by atoms with Crippen LogP contribution in [0.25, 0.3) is 11.0 Å². The molecule has 1 atom stereocenters. The molecule has 4 aromatic rings. The van der Waals surface area contributed by atoms with Crippen LogP contribution in [0.2, 0.25) is 0 Å². The highest BCUT2D eigenvalue weighted by Gasteiger charge is 2.25. The van der Waals surface area contributed by atoms with Crippen LogP contribution in [0.4, 0.5) is 0 Å². The summed E-state index contributed by atoms with van der Waals surface area (Å²) < 4.78 is 47.2. The zero-order valence-electron chi connectivity index (χ0n) is 26.7. The van der Waals surface area contributed by atoms with E-state index >= 15 is 0 Å². The van der Waals surface area contributed by atoms with Crippen molar-refractivity contribution in [3.05, 3.63) is 82.4 Å². The van der Waals surface area contributed by atoms with E-state index in [0.717, 1.165) is 16.7 Å². The van der Waals surface area contributed by atoms with Gasteiger partial charge in [-0.2, -0.15) is 0 Å². The van der Waals surface area contributed by atoms with E-state index in [1.54, 1.807) is 76.7 Å². The molecule has 0 aliphatic rings. The third kappa shape index (κ3) is 8.46. The van der Waals surface area contributed by atoms with Gasteiger partial charge in [-0.25, -0.2) is 22.6 Å². The molecule has 1 unspecified atom stereocenters. The first-order valence-corrected chi connectivity index (χ1v) is 16.1. The Morgan fingerprint density at radius 2 is 1.71 bits per heavy atom. The predicted molar refractivity (Wildman–Crippen MR) is 169 cm³/mol. The Morgan fingerprint density at radius 1 is 0.978 bits per heavy atom. The largest absolute Gasteiger partial charge is 0.480 e. The van der Waals surface area contributed by atoms with Crippen molar-refractivity contribution >= 4 is 33.0 Å². The number of hydrogen-bond acceptors (Lipinski definition) is 9. The smallest absolute Gasteiger partial charge is 0.344 e. The predicted octanol–water partition coefficient (Wildman–Crippen LogP) is 4.87. The lowest BCUT2D eigenvalue weighted by atomic mass is 9.86. The van der Waals surface area contributed by atoms with Gasteiger partial charge in [0.1, 0.15) is 22.4 Å². The van der Waals surface area contributed by atoms with E-state index < -0.39 is 33.5 Å². The van der Waals surface area contributed by atoms with Crippen LogP contribution in [-0.4, -0.2) is 54.2 Å². The van der Waals surface area contributed by atoms with Crippen molar-refractivity contribution in [2.24, 2.45) is 7.05 Å². The third-order valence-corrected chi connectivity index (χ3v) is 8.70. The Kier molecular flexibility index (Phi) is 10.3. The van der Waals surface area contributed by atoms with Gasteiger partial charge < -0.3 is 14.2 Å². The molecule has 0 fully saturated rings. The number of esters is 2. The first-order chi connectivity index (χ1) is 21.2. The van der Waals surface area contributed by atoms with Gasteiger partial charge in [-0.3, -0.25) is 4.79 Å². The zero-order valence-corrected chi connectivity index (χ0v) is 27.5. The summed E-state index contributed by atoms with van der Waals surface area (Å²) in [5.41, 5.74) is 4.15. The Balaban J connectivity index is 1.71. The van der Waals surface area contributed by atoms with E-state index in [2.05, 4.69) is 15.0 Å². The minimum atomic E-state index is -3.77. The Bertz CT molecular complexity index is 1810. The quantitative estimate of drug-likeness (QED) is 0.216. The molecule has 240 valence electrons. The second-order valence-corrected chi connectivity index (χ2v) is 13.5. The Labute approximate surface area is 263 Å². The van der Waals surface area contributed by atoms with Crippen LogP contribution >= 0.6 is 0 Å². The van der Waals surface area contributed by atoms with Gasteiger partial charge in [0, 0.05) is 19.5 Å². The first-order valence-electron chi connectivity index (χ1n) is 14.7. The number of hydrogen-bond donors (Lipinski definition) is 1. The normalized spacial score (nSPS) is 12.6. The van der Waals surface area contributed by atoms with Gasteiger partial charge in [-0.05, 0) is 87.6 Å². The minimum absolute atomic E-state index is 0.00253. The van der Waals surface area contributed by atoms with E-state index in [1.165, 1.54) is 0 Å². The molecular formula is C33H40N4O7S. The third-order valence-electron chi connectivity index (χ3n) is 7.14. The molecule has 1 aromatic heterocycles. The molecule has 45 heavy (non-hydrogen) atoms. The lowest BCUT2D eigenvalue weighted by molar-refractivity contribution is -0.157. The van der Waals surface area contributed by atoms with Crippen LogP contribution < -0.4 is 9.46 Å². The molecular weight excluding hydrogens is 596 g/mol. The highest BCUT2D eigenvalue weighted by Crippen LogP contribution is 2.36. The average molecular weight is 637 g/mol. The number of rotatable bonds is 12. The highest BCUT2D eigenvalue weighted by atomic mass is 32.2. The number of carbonyl (C=O) groups is 2. The van der Waals surface area contributed by atoms with E-state index in [4.69, 9.17) is 14.2 Å². The van der Waals surface area contributed by atoms with Crippen LogP contribution in [0.15, 0.2) is 59.5 Å². The molecule has 0 saturated carbocycles. The molecule has 1 N–H and O–H groups in total. The molecule has 12 heteroatoms. The molecule has 3 aromatic carbocycles. The maximum atomic E-state index is 13.1. The summed E-state index contributed by atoms with van der Waals surface area (Å²) in [5.74, 6) is -1.09. The lowest BCUT2D eigenvalue weighted by Crippen LogP contribution is -2.27. The molecule has 0 aliphatic heterocycles. The number of nitrogens with one attached hydrogen (secondary N) is 1. The summed E-state index contributed by atoms with van der Waals surface area (Å²) in [4.78, 5) is 25.5. The Morgan fingerprint density at radius 3 is 2.40 bits per heavy atom. The SMILES string of the molecule is CCOC(=O)CC(c1ccc(C)c(CNS(=O)(=O)c2ccccc2C)c1)c1cc(OCC(=O)OC(C)(C)C)c2c(c1)nnn2C. The molecule has 11 nitrogen and oxygen atoms in total. The fraction of sp³-hybridized carbons (Fsp3) is 0.394. The van der Waals surface area contributed by atoms with E-state index in [9.17, 15) is 18.0 Å². The highest BCUT2D eigenvalue weighted by molar-refractivity contribution is 7.89. The van der Waals surface area contributed by atoms with Crippen LogP contribution in [0, 0.1) is 13.8 Å². The molecule has 0 radical (unpaired) electrons. The van der Waals surface area contributed by atoms with Gasteiger partial charge in [0.05, 0.1) is 17.9 Å². The molecule has 4 rings (SSSR count). The molecule has 0 bridgehead atoms. The van der Waals surface area contributed by atoms with E-state index in [0.29, 0.717) is 27.9 Å². The monoisotopic (exact) mass is 636 g/mol. The van der Waals surface area contributed by atoms with E-state index in [1.807, 2.05) is 31.2 Å². The number of benzene rings is 3. The number of sulfonamides is 1. The van der Waals surface area contributed by atoms with Gasteiger partial charge in [0.25, 0.3) is 0 Å². The fourth-order valence-corrected chi connectivity index (χ4v) is 6.27. The summed E-state index contributed by atoms with van der Waals surface area (Å²) in [6.45, 7) is 10.7. The molecule has 0 saturated heterocycles. The molecule has 0 spiro atoms. The van der Waals surface area contributed by atoms with E-state index in [-0.39, 0.29) is 31.1 Å². The average Bonchev–Trinajstić information content (AvgIpc) is 3.34. The van der Waals surface area contributed by atoms with Crippen molar-refractivity contribution < 1.29 is 32.2 Å². The van der Waals surface area contributed by atoms with Crippen LogP contribution in [0.5, 0.6) is 5.75 Å². The van der Waals surface area contributed by atoms with Crippen molar-refractivity contribution in [3.63, 3.8) is 0 Å². The van der Waals surface area contributed by atoms with Gasteiger partial charge in [0.15, 0.2) is 6.61 Å². The van der Waals surface area contributed by atoms with Crippen molar-refractivity contribution in [2.75, 3.05) is 13.2 Å². The summed E-state index contributed by atoms with van der Waals surface area (Å²) >= 11 is 0. The Hall–Kier alpha value is -4.29. The second-order valence-electron chi connectivity index (χ2n) is 11.8. The topological polar surface area (TPSA) is 139 Å². The van der Waals surface area contributed by atoms with Crippen LogP contribution in [-0.2, 0) is 42.7 Å². The number of ether oxygens (including phenoxy) is 3. The molecule has 0 amide bonds. The number of nitrogens with zero attached hydrogens (tertiary/aromatic N) is 3. The van der Waals surface area contributed by atoms with Gasteiger partial charge >= 0.3 is 11.9 Å². The van der Waals surface area contributed by atoms with Crippen LogP contribution in [0.3, 0.4) is 0 Å². The first kappa shape index (κ1) is 33.6. The van der Waals surface area contributed by atoms with Gasteiger partial charge in [0.2, 0.25) is 10.0 Å². The van der Waals surface area contributed by atoms with Crippen molar-refractivity contribution in [2.45, 2.75) is 70.9 Å². The number of aromatic nitrogens is 3. The number of carbonyl (C=O) groups excluding carboxylic acids is 2. The maximum absolute atomic E-state index is 13.1. The summed E-state index contributed by atoms with van der Waals surface area (Å²) in [7, 11) is -2.05. The second kappa shape index (κ2) is 13.8. The van der Waals surface area contributed by atoms with Crippen molar-refractivity contribution in [3.8, 4) is 5.75 Å². The summed E-state index contributed by atoms with van der Waals surface area (Å²) in [6.07, 6.45) is 0.00253. The van der Waals surface area contributed by atoms with Crippen LogP contribution in [0.1, 0.15) is 67.9 Å².